The second-order valence-electron chi connectivity index (χ2n) is 6.93. The van der Waals surface area contributed by atoms with E-state index >= 15 is 0 Å². The third-order valence-corrected chi connectivity index (χ3v) is 5.22. The van der Waals surface area contributed by atoms with Gasteiger partial charge in [-0.1, -0.05) is 56.3 Å². The molecule has 26 heavy (non-hydrogen) atoms. The standard InChI is InChI=1S/C22H24N2OS/c1-15(2)18-12-10-17(11-13-18)14-20-21(25)24(16(3)4)22(26-20)23-19-8-6-5-7-9-19/h5-16H,1-4H3/b20-14+,23-22?. The summed E-state index contributed by atoms with van der Waals surface area (Å²) in [6, 6.07) is 18.2. The number of aliphatic imine (C=N–C) groups is 1. The van der Waals surface area contributed by atoms with Crippen LogP contribution >= 0.6 is 11.8 Å². The second kappa shape index (κ2) is 7.92. The van der Waals surface area contributed by atoms with E-state index in [1.807, 2.05) is 50.3 Å². The van der Waals surface area contributed by atoms with Crippen molar-refractivity contribution in [1.82, 2.24) is 4.90 Å². The van der Waals surface area contributed by atoms with Crippen LogP contribution in [0.2, 0.25) is 0 Å². The molecule has 1 amide bonds. The Bertz CT molecular complexity index is 836. The van der Waals surface area contributed by atoms with Gasteiger partial charge in [0.25, 0.3) is 5.91 Å². The summed E-state index contributed by atoms with van der Waals surface area (Å²) in [6.45, 7) is 8.38. The molecule has 3 rings (SSSR count). The van der Waals surface area contributed by atoms with Gasteiger partial charge in [-0.15, -0.1) is 0 Å². The first-order chi connectivity index (χ1) is 12.5. The average Bonchev–Trinajstić information content (AvgIpc) is 2.91. The number of para-hydroxylation sites is 1. The van der Waals surface area contributed by atoms with Gasteiger partial charge in [-0.3, -0.25) is 9.69 Å². The van der Waals surface area contributed by atoms with Crippen molar-refractivity contribution >= 4 is 34.6 Å². The van der Waals surface area contributed by atoms with Crippen molar-refractivity contribution in [2.24, 2.45) is 4.99 Å². The number of benzene rings is 2. The number of amides is 1. The number of thioether (sulfide) groups is 1. The molecule has 0 unspecified atom stereocenters. The number of carbonyl (C=O) groups is 1. The van der Waals surface area contributed by atoms with Gasteiger partial charge in [0.1, 0.15) is 0 Å². The molecule has 1 aliphatic heterocycles. The second-order valence-corrected chi connectivity index (χ2v) is 7.94. The third kappa shape index (κ3) is 4.07. The van der Waals surface area contributed by atoms with Crippen molar-refractivity contribution in [1.29, 1.82) is 0 Å². The fraction of sp³-hybridized carbons (Fsp3) is 0.273. The van der Waals surface area contributed by atoms with Crippen LogP contribution in [0.5, 0.6) is 0 Å². The molecule has 0 spiro atoms. The molecule has 0 aliphatic carbocycles. The Morgan fingerprint density at radius 2 is 1.62 bits per heavy atom. The molecule has 0 atom stereocenters. The van der Waals surface area contributed by atoms with Gasteiger partial charge in [0.2, 0.25) is 0 Å². The largest absolute Gasteiger partial charge is 0.284 e. The molecule has 1 aliphatic rings. The lowest BCUT2D eigenvalue weighted by Crippen LogP contribution is -2.35. The topological polar surface area (TPSA) is 32.7 Å². The molecule has 3 nitrogen and oxygen atoms in total. The van der Waals surface area contributed by atoms with E-state index < -0.39 is 0 Å². The number of hydrogen-bond acceptors (Lipinski definition) is 3. The maximum atomic E-state index is 12.9. The van der Waals surface area contributed by atoms with Crippen LogP contribution in [0.4, 0.5) is 5.69 Å². The summed E-state index contributed by atoms with van der Waals surface area (Å²) in [7, 11) is 0. The number of amidine groups is 1. The summed E-state index contributed by atoms with van der Waals surface area (Å²) in [4.78, 5) is 20.1. The van der Waals surface area contributed by atoms with Crippen LogP contribution < -0.4 is 0 Å². The number of hydrogen-bond donors (Lipinski definition) is 0. The molecule has 134 valence electrons. The highest BCUT2D eigenvalue weighted by atomic mass is 32.2. The molecule has 1 saturated heterocycles. The summed E-state index contributed by atoms with van der Waals surface area (Å²) in [5, 5.41) is 0.737. The van der Waals surface area contributed by atoms with Gasteiger partial charge in [0, 0.05) is 6.04 Å². The fourth-order valence-corrected chi connectivity index (χ4v) is 3.88. The molecule has 1 heterocycles. The highest BCUT2D eigenvalue weighted by molar-refractivity contribution is 8.18. The van der Waals surface area contributed by atoms with Crippen LogP contribution in [0, 0.1) is 0 Å². The third-order valence-electron chi connectivity index (χ3n) is 4.24. The van der Waals surface area contributed by atoms with Gasteiger partial charge >= 0.3 is 0 Å². The van der Waals surface area contributed by atoms with Gasteiger partial charge in [-0.2, -0.15) is 0 Å². The predicted octanol–water partition coefficient (Wildman–Crippen LogP) is 5.82. The van der Waals surface area contributed by atoms with Crippen LogP contribution in [-0.2, 0) is 4.79 Å². The van der Waals surface area contributed by atoms with Gasteiger partial charge in [-0.25, -0.2) is 4.99 Å². The maximum absolute atomic E-state index is 12.9. The zero-order valence-corrected chi connectivity index (χ0v) is 16.5. The fourth-order valence-electron chi connectivity index (χ4n) is 2.76. The van der Waals surface area contributed by atoms with Crippen LogP contribution in [0.1, 0.15) is 44.7 Å². The smallest absolute Gasteiger partial charge is 0.266 e. The van der Waals surface area contributed by atoms with Gasteiger partial charge in [-0.05, 0) is 60.9 Å². The molecule has 2 aromatic rings. The molecule has 0 saturated carbocycles. The number of carbonyl (C=O) groups excluding carboxylic acids is 1. The monoisotopic (exact) mass is 364 g/mol. The van der Waals surface area contributed by atoms with Crippen molar-refractivity contribution in [3.05, 3.63) is 70.6 Å². The molecule has 1 fully saturated rings. The molecular weight excluding hydrogens is 340 g/mol. The molecule has 0 aromatic heterocycles. The van der Waals surface area contributed by atoms with E-state index in [1.54, 1.807) is 4.90 Å². The summed E-state index contributed by atoms with van der Waals surface area (Å²) in [6.07, 6.45) is 1.96. The SMILES string of the molecule is CC(C)c1ccc(/C=C2/SC(=Nc3ccccc3)N(C(C)C)C2=O)cc1. The Hall–Kier alpha value is -2.33. The van der Waals surface area contributed by atoms with E-state index in [0.29, 0.717) is 10.8 Å². The van der Waals surface area contributed by atoms with Crippen LogP contribution in [0.15, 0.2) is 64.5 Å². The van der Waals surface area contributed by atoms with Gasteiger partial charge in [0.15, 0.2) is 5.17 Å². The zero-order valence-electron chi connectivity index (χ0n) is 15.6. The van der Waals surface area contributed by atoms with E-state index in [2.05, 4.69) is 43.1 Å². The van der Waals surface area contributed by atoms with E-state index in [9.17, 15) is 4.79 Å². The first-order valence-electron chi connectivity index (χ1n) is 8.92. The lowest BCUT2D eigenvalue weighted by molar-refractivity contribution is -0.123. The Kier molecular flexibility index (Phi) is 5.62. The minimum Gasteiger partial charge on any atom is -0.284 e. The molecule has 2 aromatic carbocycles. The Labute approximate surface area is 159 Å². The van der Waals surface area contributed by atoms with Crippen molar-refractivity contribution < 1.29 is 4.79 Å². The minimum absolute atomic E-state index is 0.0209. The highest BCUT2D eigenvalue weighted by Crippen LogP contribution is 2.35. The number of rotatable bonds is 4. The lowest BCUT2D eigenvalue weighted by Gasteiger charge is -2.19. The Morgan fingerprint density at radius 1 is 0.962 bits per heavy atom. The van der Waals surface area contributed by atoms with Gasteiger partial charge < -0.3 is 0 Å². The van der Waals surface area contributed by atoms with Crippen molar-refractivity contribution in [2.75, 3.05) is 0 Å². The minimum atomic E-state index is 0.0209. The molecule has 0 bridgehead atoms. The summed E-state index contributed by atoms with van der Waals surface area (Å²) in [5.74, 6) is 0.521. The summed E-state index contributed by atoms with van der Waals surface area (Å²) in [5.41, 5.74) is 3.19. The van der Waals surface area contributed by atoms with Crippen LogP contribution in [0.25, 0.3) is 6.08 Å². The highest BCUT2D eigenvalue weighted by Gasteiger charge is 2.35. The predicted molar refractivity (Wildman–Crippen MR) is 112 cm³/mol. The zero-order chi connectivity index (χ0) is 18.7. The first kappa shape index (κ1) is 18.5. The molecule has 0 radical (unpaired) electrons. The normalized spacial score (nSPS) is 17.9. The average molecular weight is 365 g/mol. The summed E-state index contributed by atoms with van der Waals surface area (Å²) >= 11 is 1.44. The molecule has 0 N–H and O–H groups in total. The molecular formula is C22H24N2OS. The van der Waals surface area contributed by atoms with E-state index in [1.165, 1.54) is 17.3 Å². The lowest BCUT2D eigenvalue weighted by atomic mass is 10.0. The van der Waals surface area contributed by atoms with E-state index in [-0.39, 0.29) is 11.9 Å². The van der Waals surface area contributed by atoms with E-state index in [0.717, 1.165) is 16.4 Å². The van der Waals surface area contributed by atoms with E-state index in [4.69, 9.17) is 0 Å². The van der Waals surface area contributed by atoms with Gasteiger partial charge in [0.05, 0.1) is 10.6 Å². The quantitative estimate of drug-likeness (QED) is 0.640. The summed E-state index contributed by atoms with van der Waals surface area (Å²) < 4.78 is 0. The Morgan fingerprint density at radius 3 is 2.19 bits per heavy atom. The van der Waals surface area contributed by atoms with Crippen LogP contribution in [-0.4, -0.2) is 22.0 Å². The maximum Gasteiger partial charge on any atom is 0.266 e. The van der Waals surface area contributed by atoms with Crippen molar-refractivity contribution in [2.45, 2.75) is 39.7 Å². The first-order valence-corrected chi connectivity index (χ1v) is 9.74. The number of nitrogens with zero attached hydrogens (tertiary/aromatic N) is 2. The Balaban J connectivity index is 1.91. The van der Waals surface area contributed by atoms with Crippen molar-refractivity contribution in [3.63, 3.8) is 0 Å². The van der Waals surface area contributed by atoms with Crippen molar-refractivity contribution in [3.8, 4) is 0 Å². The van der Waals surface area contributed by atoms with Crippen LogP contribution in [0.3, 0.4) is 0 Å². The molecule has 4 heteroatoms.